The fraction of sp³-hybridized carbons (Fsp3) is 1.00. The Morgan fingerprint density at radius 1 is 1.18 bits per heavy atom. The summed E-state index contributed by atoms with van der Waals surface area (Å²) in [6.07, 6.45) is 7.88. The fourth-order valence-electron chi connectivity index (χ4n) is 6.05. The minimum absolute atomic E-state index is 0.182. The van der Waals surface area contributed by atoms with E-state index in [0.29, 0.717) is 31.0 Å². The second-order valence-corrected chi connectivity index (χ2v) is 13.3. The minimum Gasteiger partial charge on any atom is -0.417 e. The van der Waals surface area contributed by atoms with Crippen LogP contribution in [-0.2, 0) is 13.9 Å². The van der Waals surface area contributed by atoms with Gasteiger partial charge in [-0.15, -0.1) is 0 Å². The zero-order valence-electron chi connectivity index (χ0n) is 19.1. The topological polar surface area (TPSA) is 47.9 Å². The lowest BCUT2D eigenvalue weighted by atomic mass is 9.64. The molecule has 0 aromatic heterocycles. The maximum atomic E-state index is 11.1. The van der Waals surface area contributed by atoms with Crippen LogP contribution >= 0.6 is 0 Å². The Morgan fingerprint density at radius 2 is 1.86 bits per heavy atom. The minimum atomic E-state index is -1.19. The van der Waals surface area contributed by atoms with Gasteiger partial charge in [0, 0.05) is 18.3 Å². The van der Waals surface area contributed by atoms with Gasteiger partial charge in [-0.1, -0.05) is 47.0 Å². The van der Waals surface area contributed by atoms with E-state index in [1.54, 1.807) is 0 Å². The van der Waals surface area contributed by atoms with Crippen LogP contribution in [0.25, 0.3) is 0 Å². The Kier molecular flexibility index (Phi) is 7.35. The summed E-state index contributed by atoms with van der Waals surface area (Å²) in [7, 11) is -1.19. The predicted octanol–water partition coefficient (Wildman–Crippen LogP) is 4.75. The number of rotatable bonds is 9. The second-order valence-electron chi connectivity index (χ2n) is 10.9. The molecule has 4 nitrogen and oxygen atoms in total. The molecule has 5 heteroatoms. The van der Waals surface area contributed by atoms with Gasteiger partial charge in [-0.3, -0.25) is 0 Å². The van der Waals surface area contributed by atoms with Crippen molar-refractivity contribution in [1.82, 2.24) is 0 Å². The van der Waals surface area contributed by atoms with E-state index in [1.165, 1.54) is 25.7 Å². The number of hydrogen-bond donors (Lipinski definition) is 1. The lowest BCUT2D eigenvalue weighted by molar-refractivity contribution is -0.275. The molecule has 6 atom stereocenters. The highest BCUT2D eigenvalue weighted by molar-refractivity contribution is 6.48. The van der Waals surface area contributed by atoms with Crippen molar-refractivity contribution in [3.8, 4) is 0 Å². The Balaban J connectivity index is 1.72. The van der Waals surface area contributed by atoms with Crippen molar-refractivity contribution in [1.29, 1.82) is 0 Å². The molecule has 2 saturated carbocycles. The summed E-state index contributed by atoms with van der Waals surface area (Å²) < 4.78 is 18.6. The second kappa shape index (κ2) is 9.05. The first-order valence-corrected chi connectivity index (χ1v) is 14.6. The Labute approximate surface area is 174 Å². The monoisotopic (exact) mass is 412 g/mol. The summed E-state index contributed by atoms with van der Waals surface area (Å²) >= 11 is 0. The van der Waals surface area contributed by atoms with Gasteiger partial charge >= 0.3 is 0 Å². The van der Waals surface area contributed by atoms with E-state index in [-0.39, 0.29) is 29.3 Å². The summed E-state index contributed by atoms with van der Waals surface area (Å²) in [5.74, 6) is 1.33. The van der Waals surface area contributed by atoms with E-state index < -0.39 is 9.04 Å². The van der Waals surface area contributed by atoms with Gasteiger partial charge in [0.05, 0.1) is 25.4 Å². The van der Waals surface area contributed by atoms with Gasteiger partial charge in [-0.05, 0) is 49.6 Å². The van der Waals surface area contributed by atoms with Crippen molar-refractivity contribution in [3.63, 3.8) is 0 Å². The lowest BCUT2D eigenvalue weighted by Crippen LogP contribution is -2.55. The summed E-state index contributed by atoms with van der Waals surface area (Å²) in [5, 5.41) is 11.1. The Morgan fingerprint density at radius 3 is 2.43 bits per heavy atom. The van der Waals surface area contributed by atoms with Crippen molar-refractivity contribution in [2.45, 2.75) is 104 Å². The first kappa shape index (κ1) is 22.7. The third kappa shape index (κ3) is 4.69. The van der Waals surface area contributed by atoms with Gasteiger partial charge in [0.15, 0.2) is 14.8 Å². The van der Waals surface area contributed by atoms with Crippen LogP contribution in [0.4, 0.5) is 0 Å². The first-order valence-electron chi connectivity index (χ1n) is 11.8. The molecule has 3 fully saturated rings. The fourth-order valence-corrected chi connectivity index (χ4v) is 7.05. The molecule has 0 aromatic carbocycles. The van der Waals surface area contributed by atoms with E-state index in [9.17, 15) is 5.11 Å². The number of hydrogen-bond acceptors (Lipinski definition) is 4. The number of fused-ring (bicyclic) bond motifs is 2. The van der Waals surface area contributed by atoms with Crippen molar-refractivity contribution in [3.05, 3.63) is 0 Å². The Bertz CT molecular complexity index is 497. The average Bonchev–Trinajstić information content (AvgIpc) is 3.17. The molecule has 3 rings (SSSR count). The zero-order valence-corrected chi connectivity index (χ0v) is 20.2. The molecule has 0 bridgehead atoms. The largest absolute Gasteiger partial charge is 0.417 e. The van der Waals surface area contributed by atoms with Crippen molar-refractivity contribution in [2.75, 3.05) is 13.2 Å². The lowest BCUT2D eigenvalue weighted by Gasteiger charge is -2.50. The van der Waals surface area contributed by atoms with Gasteiger partial charge < -0.3 is 19.0 Å². The van der Waals surface area contributed by atoms with Gasteiger partial charge in [-0.2, -0.15) is 0 Å². The quantitative estimate of drug-likeness (QED) is 0.439. The van der Waals surface area contributed by atoms with Crippen LogP contribution in [0.15, 0.2) is 0 Å². The average molecular weight is 413 g/mol. The smallest absolute Gasteiger partial charge is 0.171 e. The van der Waals surface area contributed by atoms with Gasteiger partial charge in [0.2, 0.25) is 0 Å². The SMILES string of the molecule is CCCCCC(CC(O[SiH](C)C)C1C(O)CC2C1CC21OCCO1)C(C)(C)C. The number of aliphatic hydroxyl groups is 1. The molecule has 1 heterocycles. The first-order chi connectivity index (χ1) is 13.2. The van der Waals surface area contributed by atoms with Crippen LogP contribution in [0.5, 0.6) is 0 Å². The van der Waals surface area contributed by atoms with E-state index in [4.69, 9.17) is 13.9 Å². The third-order valence-electron chi connectivity index (χ3n) is 7.59. The number of aliphatic hydroxyl groups excluding tert-OH is 1. The summed E-state index contributed by atoms with van der Waals surface area (Å²) in [6, 6.07) is 0. The van der Waals surface area contributed by atoms with E-state index in [0.717, 1.165) is 19.3 Å². The van der Waals surface area contributed by atoms with Crippen LogP contribution < -0.4 is 0 Å². The molecule has 0 radical (unpaired) electrons. The molecule has 164 valence electrons. The maximum Gasteiger partial charge on any atom is 0.171 e. The van der Waals surface area contributed by atoms with Gasteiger partial charge in [0.25, 0.3) is 0 Å². The third-order valence-corrected chi connectivity index (χ3v) is 8.48. The Hall–Kier alpha value is 0.0569. The summed E-state index contributed by atoms with van der Waals surface area (Å²) in [5.41, 5.74) is 0.273. The van der Waals surface area contributed by atoms with Crippen molar-refractivity contribution < 1.29 is 19.0 Å². The summed E-state index contributed by atoms with van der Waals surface area (Å²) in [6.45, 7) is 15.3. The van der Waals surface area contributed by atoms with Gasteiger partial charge in [-0.25, -0.2) is 0 Å². The standard InChI is InChI=1S/C23H44O4Si/c1-7-8-9-10-16(22(2,3)4)13-20(27-28(5)6)21-17-15-23(25-11-12-26-23)18(17)14-19(21)24/h16-21,24,28H,7-15H2,1-6H3. The molecule has 0 aromatic rings. The molecule has 6 unspecified atom stereocenters. The van der Waals surface area contributed by atoms with E-state index >= 15 is 0 Å². The van der Waals surface area contributed by atoms with E-state index in [2.05, 4.69) is 40.8 Å². The summed E-state index contributed by atoms with van der Waals surface area (Å²) in [4.78, 5) is 0. The number of ether oxygens (including phenoxy) is 2. The number of unbranched alkanes of at least 4 members (excludes halogenated alkanes) is 2. The highest BCUT2D eigenvalue weighted by Gasteiger charge is 2.66. The van der Waals surface area contributed by atoms with Crippen molar-refractivity contribution in [2.24, 2.45) is 29.1 Å². The molecule has 3 aliphatic rings. The molecular weight excluding hydrogens is 368 g/mol. The van der Waals surface area contributed by atoms with Crippen LogP contribution in [-0.4, -0.2) is 45.4 Å². The highest BCUT2D eigenvalue weighted by Crippen LogP contribution is 2.61. The van der Waals surface area contributed by atoms with Crippen LogP contribution in [0.3, 0.4) is 0 Å². The molecule has 28 heavy (non-hydrogen) atoms. The molecule has 2 aliphatic carbocycles. The van der Waals surface area contributed by atoms with Crippen molar-refractivity contribution >= 4 is 9.04 Å². The van der Waals surface area contributed by atoms with Crippen LogP contribution in [0.2, 0.25) is 13.1 Å². The molecule has 1 N–H and O–H groups in total. The maximum absolute atomic E-state index is 11.1. The molecule has 1 saturated heterocycles. The van der Waals surface area contributed by atoms with Gasteiger partial charge in [0.1, 0.15) is 0 Å². The molecule has 0 amide bonds. The highest BCUT2D eigenvalue weighted by atomic mass is 28.3. The molecule has 1 aliphatic heterocycles. The molecule has 1 spiro atoms. The van der Waals surface area contributed by atoms with Crippen LogP contribution in [0.1, 0.15) is 72.6 Å². The predicted molar refractivity (Wildman–Crippen MR) is 116 cm³/mol. The van der Waals surface area contributed by atoms with Crippen LogP contribution in [0, 0.1) is 29.1 Å². The molecular formula is C23H44O4Si. The normalized spacial score (nSPS) is 33.9. The van der Waals surface area contributed by atoms with E-state index in [1.807, 2.05) is 0 Å². The zero-order chi connectivity index (χ0) is 20.5.